The first kappa shape index (κ1) is 11.5. The molecule has 1 aromatic heterocycles. The fourth-order valence-corrected chi connectivity index (χ4v) is 1.40. The van der Waals surface area contributed by atoms with Gasteiger partial charge in [0.15, 0.2) is 11.8 Å². The van der Waals surface area contributed by atoms with Crippen molar-refractivity contribution in [2.24, 2.45) is 0 Å². The average molecular weight is 234 g/mol. The molecule has 1 heterocycles. The van der Waals surface area contributed by atoms with E-state index >= 15 is 0 Å². The first-order valence-corrected chi connectivity index (χ1v) is 4.33. The number of carboxylic acid groups (broad SMARTS) is 2. The minimum absolute atomic E-state index is 0.456. The number of hydrogen-bond acceptors (Lipinski definition) is 7. The predicted molar refractivity (Wildman–Crippen MR) is 45.5 cm³/mol. The van der Waals surface area contributed by atoms with Crippen LogP contribution in [-0.4, -0.2) is 47.2 Å². The highest BCUT2D eigenvalue weighted by Crippen LogP contribution is 2.19. The van der Waals surface area contributed by atoms with E-state index in [4.69, 9.17) is 15.3 Å². The van der Waals surface area contributed by atoms with Gasteiger partial charge in [0.25, 0.3) is 0 Å². The Morgan fingerprint density at radius 3 is 2.27 bits per heavy atom. The van der Waals surface area contributed by atoms with Crippen LogP contribution >= 0.6 is 11.7 Å². The molecule has 2 atom stereocenters. The van der Waals surface area contributed by atoms with Gasteiger partial charge < -0.3 is 20.4 Å². The first-order valence-electron chi connectivity index (χ1n) is 3.59. The molecule has 15 heavy (non-hydrogen) atoms. The van der Waals surface area contributed by atoms with Crippen LogP contribution < -0.4 is 0 Å². The fraction of sp³-hybridized carbons (Fsp3) is 0.333. The maximum Gasteiger partial charge on any atom is 0.357 e. The number of carboxylic acids is 2. The minimum atomic E-state index is -2.13. The van der Waals surface area contributed by atoms with Gasteiger partial charge in [-0.3, -0.25) is 0 Å². The molecule has 0 aliphatic carbocycles. The molecule has 0 fully saturated rings. The van der Waals surface area contributed by atoms with Crippen molar-refractivity contribution in [1.82, 2.24) is 8.75 Å². The van der Waals surface area contributed by atoms with E-state index in [0.717, 1.165) is 0 Å². The third-order valence-electron chi connectivity index (χ3n) is 1.55. The second-order valence-electron chi connectivity index (χ2n) is 2.53. The molecule has 0 saturated carbocycles. The lowest BCUT2D eigenvalue weighted by Crippen LogP contribution is -2.28. The van der Waals surface area contributed by atoms with Crippen LogP contribution in [0.25, 0.3) is 0 Å². The Balaban J connectivity index is 3.00. The van der Waals surface area contributed by atoms with Crippen LogP contribution in [0.4, 0.5) is 0 Å². The Kier molecular flexibility index (Phi) is 3.29. The number of aromatic carboxylic acids is 1. The summed E-state index contributed by atoms with van der Waals surface area (Å²) in [6, 6.07) is 0. The zero-order valence-corrected chi connectivity index (χ0v) is 7.88. The Bertz CT molecular complexity index is 391. The molecule has 0 unspecified atom stereocenters. The molecule has 1 rings (SSSR count). The molecule has 0 aromatic carbocycles. The van der Waals surface area contributed by atoms with Crippen molar-refractivity contribution in [2.75, 3.05) is 0 Å². The number of rotatable bonds is 4. The molecular weight excluding hydrogens is 228 g/mol. The molecule has 4 N–H and O–H groups in total. The van der Waals surface area contributed by atoms with Crippen LogP contribution in [0, 0.1) is 0 Å². The van der Waals surface area contributed by atoms with Gasteiger partial charge in [0, 0.05) is 0 Å². The molecule has 9 heteroatoms. The van der Waals surface area contributed by atoms with Crippen molar-refractivity contribution in [3.8, 4) is 0 Å². The van der Waals surface area contributed by atoms with Crippen LogP contribution in [0.15, 0.2) is 0 Å². The summed E-state index contributed by atoms with van der Waals surface area (Å²) in [5, 5.41) is 35.2. The number of carbonyl (C=O) groups is 2. The van der Waals surface area contributed by atoms with Gasteiger partial charge >= 0.3 is 11.9 Å². The van der Waals surface area contributed by atoms with E-state index in [0.29, 0.717) is 11.7 Å². The van der Waals surface area contributed by atoms with Gasteiger partial charge in [-0.25, -0.2) is 9.59 Å². The highest BCUT2D eigenvalue weighted by atomic mass is 32.1. The van der Waals surface area contributed by atoms with Crippen LogP contribution in [0.3, 0.4) is 0 Å². The molecule has 0 bridgehead atoms. The number of aromatic nitrogens is 2. The lowest BCUT2D eigenvalue weighted by atomic mass is 10.1. The molecule has 0 aliphatic heterocycles. The lowest BCUT2D eigenvalue weighted by molar-refractivity contribution is -0.153. The van der Waals surface area contributed by atoms with Crippen LogP contribution in [0.2, 0.25) is 0 Å². The normalized spacial score (nSPS) is 14.5. The van der Waals surface area contributed by atoms with Crippen molar-refractivity contribution >= 4 is 23.7 Å². The Hall–Kier alpha value is -1.58. The summed E-state index contributed by atoms with van der Waals surface area (Å²) in [6.07, 6.45) is -4.04. The second-order valence-corrected chi connectivity index (χ2v) is 3.06. The number of hydrogen-bond donors (Lipinski definition) is 4. The molecular formula is C6H6N2O6S. The van der Waals surface area contributed by atoms with Gasteiger partial charge in [0.05, 0.1) is 11.7 Å². The van der Waals surface area contributed by atoms with Gasteiger partial charge in [-0.05, 0) is 0 Å². The van der Waals surface area contributed by atoms with Crippen LogP contribution in [-0.2, 0) is 4.79 Å². The van der Waals surface area contributed by atoms with Gasteiger partial charge in [-0.15, -0.1) is 0 Å². The fourth-order valence-electron chi connectivity index (χ4n) is 0.822. The van der Waals surface area contributed by atoms with E-state index in [1.165, 1.54) is 0 Å². The van der Waals surface area contributed by atoms with Crippen molar-refractivity contribution in [3.63, 3.8) is 0 Å². The topological polar surface area (TPSA) is 141 Å². The van der Waals surface area contributed by atoms with E-state index in [1.54, 1.807) is 0 Å². The van der Waals surface area contributed by atoms with Crippen molar-refractivity contribution in [3.05, 3.63) is 11.4 Å². The van der Waals surface area contributed by atoms with Gasteiger partial charge in [0.2, 0.25) is 0 Å². The van der Waals surface area contributed by atoms with E-state index in [-0.39, 0.29) is 0 Å². The zero-order valence-electron chi connectivity index (χ0n) is 7.06. The van der Waals surface area contributed by atoms with Crippen molar-refractivity contribution < 1.29 is 30.0 Å². The minimum Gasteiger partial charge on any atom is -0.479 e. The Morgan fingerprint density at radius 1 is 1.20 bits per heavy atom. The maximum atomic E-state index is 10.5. The van der Waals surface area contributed by atoms with E-state index in [2.05, 4.69) is 8.75 Å². The first-order chi connectivity index (χ1) is 6.95. The Morgan fingerprint density at radius 2 is 1.80 bits per heavy atom. The van der Waals surface area contributed by atoms with Crippen molar-refractivity contribution in [2.45, 2.75) is 12.2 Å². The second kappa shape index (κ2) is 4.29. The molecule has 0 radical (unpaired) electrons. The SMILES string of the molecule is O=C(O)c1nsnc1[C@H](O)[C@@H](O)C(=O)O. The van der Waals surface area contributed by atoms with Crippen LogP contribution in [0.1, 0.15) is 22.3 Å². The van der Waals surface area contributed by atoms with E-state index in [9.17, 15) is 14.7 Å². The summed E-state index contributed by atoms with van der Waals surface area (Å²) < 4.78 is 6.76. The molecule has 8 nitrogen and oxygen atoms in total. The summed E-state index contributed by atoms with van der Waals surface area (Å²) in [4.78, 5) is 20.9. The third kappa shape index (κ3) is 2.26. The van der Waals surface area contributed by atoms with Gasteiger partial charge in [-0.2, -0.15) is 8.75 Å². The van der Waals surface area contributed by atoms with Crippen molar-refractivity contribution in [1.29, 1.82) is 0 Å². The quantitative estimate of drug-likeness (QED) is 0.504. The van der Waals surface area contributed by atoms with Gasteiger partial charge in [-0.1, -0.05) is 0 Å². The zero-order chi connectivity index (χ0) is 11.6. The summed E-state index contributed by atoms with van der Waals surface area (Å²) in [6.45, 7) is 0. The monoisotopic (exact) mass is 234 g/mol. The van der Waals surface area contributed by atoms with Gasteiger partial charge in [0.1, 0.15) is 11.8 Å². The molecule has 0 saturated heterocycles. The smallest absolute Gasteiger partial charge is 0.357 e. The van der Waals surface area contributed by atoms with E-state index in [1.807, 2.05) is 0 Å². The van der Waals surface area contributed by atoms with Crippen LogP contribution in [0.5, 0.6) is 0 Å². The standard InChI is InChI=1S/C6H6N2O6S/c9-3(4(10)6(13)14)1-2(5(11)12)8-15-7-1/h3-4,9-10H,(H,11,12)(H,13,14)/t3-,4+/m0/s1. The molecule has 0 aliphatic rings. The third-order valence-corrected chi connectivity index (χ3v) is 2.09. The number of aliphatic hydroxyl groups excluding tert-OH is 2. The summed E-state index contributed by atoms with van der Waals surface area (Å²) in [7, 11) is 0. The largest absolute Gasteiger partial charge is 0.479 e. The predicted octanol–water partition coefficient (Wildman–Crippen LogP) is -1.28. The molecule has 0 spiro atoms. The molecule has 82 valence electrons. The summed E-state index contributed by atoms with van der Waals surface area (Å²) in [5.41, 5.74) is -1.02. The highest BCUT2D eigenvalue weighted by molar-refractivity contribution is 6.99. The number of aliphatic hydroxyl groups is 2. The summed E-state index contributed by atoms with van der Waals surface area (Å²) >= 11 is 0.507. The number of nitrogens with zero attached hydrogens (tertiary/aromatic N) is 2. The van der Waals surface area contributed by atoms with E-state index < -0.39 is 35.5 Å². The molecule has 1 aromatic rings. The lowest BCUT2D eigenvalue weighted by Gasteiger charge is -2.11. The Labute approximate surface area is 86.8 Å². The number of aliphatic carboxylic acids is 1. The highest BCUT2D eigenvalue weighted by Gasteiger charge is 2.31. The average Bonchev–Trinajstić information content (AvgIpc) is 2.63. The molecule has 0 amide bonds. The maximum absolute atomic E-state index is 10.5. The summed E-state index contributed by atoms with van der Waals surface area (Å²) in [5.74, 6) is -3.12.